The second kappa shape index (κ2) is 8.04. The molecule has 6 nitrogen and oxygen atoms in total. The molecule has 2 fully saturated rings. The van der Waals surface area contributed by atoms with Gasteiger partial charge in [-0.3, -0.25) is 4.90 Å². The molecule has 0 aromatic carbocycles. The van der Waals surface area contributed by atoms with Crippen molar-refractivity contribution in [1.29, 1.82) is 5.26 Å². The molecule has 0 aliphatic carbocycles. The van der Waals surface area contributed by atoms with E-state index in [4.69, 9.17) is 10.00 Å². The first-order valence-electron chi connectivity index (χ1n) is 7.86. The minimum atomic E-state index is -0.147. The van der Waals surface area contributed by atoms with Crippen LogP contribution in [-0.4, -0.2) is 79.3 Å². The van der Waals surface area contributed by atoms with E-state index in [0.717, 1.165) is 44.2 Å². The van der Waals surface area contributed by atoms with E-state index in [9.17, 15) is 4.79 Å². The van der Waals surface area contributed by atoms with Gasteiger partial charge in [-0.2, -0.15) is 17.0 Å². The molecular formula is C15H26N4O2S. The first-order chi connectivity index (χ1) is 10.6. The summed E-state index contributed by atoms with van der Waals surface area (Å²) in [7, 11) is 1.74. The van der Waals surface area contributed by atoms with Crippen LogP contribution in [0.1, 0.15) is 13.3 Å². The number of carbonyl (C=O) groups excluding carboxylic acids is 1. The maximum Gasteiger partial charge on any atom is 0.317 e. The zero-order valence-corrected chi connectivity index (χ0v) is 14.3. The molecule has 22 heavy (non-hydrogen) atoms. The monoisotopic (exact) mass is 326 g/mol. The van der Waals surface area contributed by atoms with E-state index in [0.29, 0.717) is 13.1 Å². The van der Waals surface area contributed by atoms with Gasteiger partial charge in [0.1, 0.15) is 0 Å². The summed E-state index contributed by atoms with van der Waals surface area (Å²) in [6.07, 6.45) is 1.11. The number of ether oxygens (including phenoxy) is 1. The average molecular weight is 326 g/mol. The number of hydrogen-bond donors (Lipinski definition) is 1. The molecule has 2 saturated heterocycles. The van der Waals surface area contributed by atoms with E-state index in [1.807, 2.05) is 18.7 Å². The normalized spacial score (nSPS) is 27.1. The Morgan fingerprint density at radius 2 is 2.27 bits per heavy atom. The van der Waals surface area contributed by atoms with Gasteiger partial charge in [-0.05, 0) is 19.1 Å². The fraction of sp³-hybridized carbons (Fsp3) is 0.867. The van der Waals surface area contributed by atoms with Gasteiger partial charge in [-0.1, -0.05) is 0 Å². The van der Waals surface area contributed by atoms with E-state index >= 15 is 0 Å². The van der Waals surface area contributed by atoms with Crippen molar-refractivity contribution < 1.29 is 9.53 Å². The fourth-order valence-corrected chi connectivity index (χ4v) is 4.52. The highest BCUT2D eigenvalue weighted by Gasteiger charge is 2.41. The second-order valence-corrected chi connectivity index (χ2v) is 7.30. The van der Waals surface area contributed by atoms with E-state index in [2.05, 4.69) is 16.3 Å². The largest absolute Gasteiger partial charge is 0.379 e. The van der Waals surface area contributed by atoms with Crippen LogP contribution in [0.2, 0.25) is 0 Å². The van der Waals surface area contributed by atoms with Crippen LogP contribution in [0.15, 0.2) is 0 Å². The molecule has 0 saturated carbocycles. The molecule has 7 heteroatoms. The number of nitriles is 1. The minimum absolute atomic E-state index is 0.0613. The molecule has 0 aromatic heterocycles. The van der Waals surface area contributed by atoms with Crippen LogP contribution in [0.4, 0.5) is 4.79 Å². The second-order valence-electron chi connectivity index (χ2n) is 6.20. The van der Waals surface area contributed by atoms with Crippen molar-refractivity contribution in [3.05, 3.63) is 0 Å². The van der Waals surface area contributed by atoms with E-state index in [1.165, 1.54) is 0 Å². The lowest BCUT2D eigenvalue weighted by Gasteiger charge is -2.43. The molecule has 2 aliphatic rings. The molecule has 2 heterocycles. The predicted octanol–water partition coefficient (Wildman–Crippen LogP) is 0.995. The van der Waals surface area contributed by atoms with Crippen LogP contribution >= 0.6 is 11.8 Å². The molecule has 2 aliphatic heterocycles. The summed E-state index contributed by atoms with van der Waals surface area (Å²) in [5.41, 5.74) is 0.0613. The van der Waals surface area contributed by atoms with Gasteiger partial charge in [0.05, 0.1) is 25.2 Å². The van der Waals surface area contributed by atoms with Gasteiger partial charge >= 0.3 is 6.03 Å². The lowest BCUT2D eigenvalue weighted by Crippen LogP contribution is -2.60. The number of urea groups is 1. The molecule has 0 radical (unpaired) electrons. The lowest BCUT2D eigenvalue weighted by molar-refractivity contribution is -0.0127. The van der Waals surface area contributed by atoms with Gasteiger partial charge in [0.15, 0.2) is 0 Å². The van der Waals surface area contributed by atoms with Crippen LogP contribution in [-0.2, 0) is 4.74 Å². The molecule has 2 unspecified atom stereocenters. The van der Waals surface area contributed by atoms with Crippen LogP contribution in [0.5, 0.6) is 0 Å². The summed E-state index contributed by atoms with van der Waals surface area (Å²) in [6.45, 7) is 6.40. The highest BCUT2D eigenvalue weighted by Crippen LogP contribution is 2.33. The van der Waals surface area contributed by atoms with Crippen molar-refractivity contribution in [3.8, 4) is 6.07 Å². The number of carbonyl (C=O) groups is 1. The summed E-state index contributed by atoms with van der Waals surface area (Å²) >= 11 is 1.96. The summed E-state index contributed by atoms with van der Waals surface area (Å²) in [5, 5.41) is 11.9. The molecule has 0 aromatic rings. The molecule has 0 spiro atoms. The standard InChI is InChI=1S/C15H26N4O2S/c1-13(9-16)10-18(2)14(20)17-11-15(3-8-22-12-15)19-4-6-21-7-5-19/h13H,3-8,10-12H2,1-2H3,(H,17,20). The van der Waals surface area contributed by atoms with Gasteiger partial charge < -0.3 is 15.0 Å². The van der Waals surface area contributed by atoms with Crippen LogP contribution < -0.4 is 5.32 Å². The first kappa shape index (κ1) is 17.4. The van der Waals surface area contributed by atoms with Crippen molar-refractivity contribution in [3.63, 3.8) is 0 Å². The summed E-state index contributed by atoms with van der Waals surface area (Å²) in [5.74, 6) is 2.06. The minimum Gasteiger partial charge on any atom is -0.379 e. The number of hydrogen-bond acceptors (Lipinski definition) is 5. The van der Waals surface area contributed by atoms with Crippen molar-refractivity contribution >= 4 is 17.8 Å². The molecule has 2 amide bonds. The summed E-state index contributed by atoms with van der Waals surface area (Å²) in [4.78, 5) is 16.3. The van der Waals surface area contributed by atoms with Crippen LogP contribution in [0, 0.1) is 17.2 Å². The SMILES string of the molecule is CC(C#N)CN(C)C(=O)NCC1(N2CCOCC2)CCSC1. The third kappa shape index (κ3) is 4.28. The van der Waals surface area contributed by atoms with E-state index in [-0.39, 0.29) is 17.5 Å². The topological polar surface area (TPSA) is 68.6 Å². The number of rotatable bonds is 5. The third-order valence-electron chi connectivity index (χ3n) is 4.45. The maximum atomic E-state index is 12.2. The predicted molar refractivity (Wildman–Crippen MR) is 87.9 cm³/mol. The molecule has 2 rings (SSSR count). The lowest BCUT2D eigenvalue weighted by atomic mass is 9.95. The molecule has 1 N–H and O–H groups in total. The van der Waals surface area contributed by atoms with Gasteiger partial charge in [-0.15, -0.1) is 0 Å². The zero-order valence-electron chi connectivity index (χ0n) is 13.5. The Morgan fingerprint density at radius 1 is 1.55 bits per heavy atom. The average Bonchev–Trinajstić information content (AvgIpc) is 3.03. The highest BCUT2D eigenvalue weighted by atomic mass is 32.2. The van der Waals surface area contributed by atoms with Crippen LogP contribution in [0.3, 0.4) is 0 Å². The molecule has 124 valence electrons. The van der Waals surface area contributed by atoms with Crippen molar-refractivity contribution in [2.24, 2.45) is 5.92 Å². The van der Waals surface area contributed by atoms with Gasteiger partial charge in [-0.25, -0.2) is 4.79 Å². The van der Waals surface area contributed by atoms with E-state index < -0.39 is 0 Å². The smallest absolute Gasteiger partial charge is 0.317 e. The molecule has 0 bridgehead atoms. The number of nitrogens with one attached hydrogen (secondary N) is 1. The Labute approximate surface area is 137 Å². The van der Waals surface area contributed by atoms with Crippen LogP contribution in [0.25, 0.3) is 0 Å². The van der Waals surface area contributed by atoms with Gasteiger partial charge in [0.25, 0.3) is 0 Å². The Balaban J connectivity index is 1.89. The Bertz CT molecular complexity index is 414. The third-order valence-corrected chi connectivity index (χ3v) is 5.68. The summed E-state index contributed by atoms with van der Waals surface area (Å²) < 4.78 is 5.45. The quantitative estimate of drug-likeness (QED) is 0.816. The first-order valence-corrected chi connectivity index (χ1v) is 9.02. The van der Waals surface area contributed by atoms with Crippen molar-refractivity contribution in [2.75, 3.05) is 57.9 Å². The fourth-order valence-electron chi connectivity index (χ4n) is 3.04. The maximum absolute atomic E-state index is 12.2. The Morgan fingerprint density at radius 3 is 2.86 bits per heavy atom. The number of thioether (sulfide) groups is 1. The molecule has 2 atom stereocenters. The van der Waals surface area contributed by atoms with Gasteiger partial charge in [0.2, 0.25) is 0 Å². The van der Waals surface area contributed by atoms with Crippen molar-refractivity contribution in [1.82, 2.24) is 15.1 Å². The molecular weight excluding hydrogens is 300 g/mol. The number of nitrogens with zero attached hydrogens (tertiary/aromatic N) is 3. The van der Waals surface area contributed by atoms with Crippen molar-refractivity contribution in [2.45, 2.75) is 18.9 Å². The number of amides is 2. The summed E-state index contributed by atoms with van der Waals surface area (Å²) in [6, 6.07) is 2.07. The Kier molecular flexibility index (Phi) is 6.36. The highest BCUT2D eigenvalue weighted by molar-refractivity contribution is 7.99. The Hall–Kier alpha value is -0.970. The van der Waals surface area contributed by atoms with E-state index in [1.54, 1.807) is 11.9 Å². The zero-order chi connectivity index (χ0) is 16.0. The number of morpholine rings is 1. The van der Waals surface area contributed by atoms with Gasteiger partial charge in [0, 0.05) is 44.5 Å².